The van der Waals surface area contributed by atoms with Gasteiger partial charge in [0.15, 0.2) is 0 Å². The molecule has 22 heavy (non-hydrogen) atoms. The van der Waals surface area contributed by atoms with Gasteiger partial charge in [0.1, 0.15) is 0 Å². The molecule has 2 nitrogen and oxygen atoms in total. The maximum Gasteiger partial charge on any atom is 0.0868 e. The summed E-state index contributed by atoms with van der Waals surface area (Å²) in [7, 11) is 0. The second-order valence-electron chi connectivity index (χ2n) is 6.44. The Morgan fingerprint density at radius 2 is 1.95 bits per heavy atom. The minimum absolute atomic E-state index is 0.188. The molecule has 0 bridgehead atoms. The molecule has 1 unspecified atom stereocenters. The summed E-state index contributed by atoms with van der Waals surface area (Å²) in [5, 5.41) is 0. The third-order valence-corrected chi connectivity index (χ3v) is 4.14. The molecule has 0 aromatic heterocycles. The first kappa shape index (κ1) is 17.0. The van der Waals surface area contributed by atoms with E-state index in [9.17, 15) is 0 Å². The van der Waals surface area contributed by atoms with Crippen molar-refractivity contribution < 1.29 is 9.47 Å². The van der Waals surface area contributed by atoms with Crippen LogP contribution in [0.15, 0.2) is 53.6 Å². The van der Waals surface area contributed by atoms with E-state index in [1.165, 1.54) is 16.7 Å². The highest BCUT2D eigenvalue weighted by Gasteiger charge is 2.33. The summed E-state index contributed by atoms with van der Waals surface area (Å²) in [4.78, 5) is 0. The van der Waals surface area contributed by atoms with Crippen molar-refractivity contribution >= 4 is 0 Å². The molecule has 1 heterocycles. The zero-order valence-corrected chi connectivity index (χ0v) is 14.3. The fraction of sp³-hybridized carbons (Fsp3) is 0.500. The van der Waals surface area contributed by atoms with Crippen molar-refractivity contribution in [1.29, 1.82) is 0 Å². The molecule has 0 fully saturated rings. The van der Waals surface area contributed by atoms with Crippen LogP contribution < -0.4 is 0 Å². The standard InChI is InChI=1S/C20H28O2/c1-5-6-12-18-13-16(2)19(20(3,4)22-18)15-21-14-17-10-8-7-9-11-17/h6-12,18H,5,13-15H2,1-4H3/b12-6+. The van der Waals surface area contributed by atoms with E-state index < -0.39 is 0 Å². The number of ether oxygens (including phenoxy) is 2. The lowest BCUT2D eigenvalue weighted by atomic mass is 9.87. The Balaban J connectivity index is 1.98. The molecule has 2 heteroatoms. The van der Waals surface area contributed by atoms with Crippen molar-refractivity contribution in [1.82, 2.24) is 0 Å². The summed E-state index contributed by atoms with van der Waals surface area (Å²) in [5.74, 6) is 0. The maximum atomic E-state index is 6.24. The van der Waals surface area contributed by atoms with Gasteiger partial charge in [0.05, 0.1) is 24.9 Å². The Labute approximate surface area is 134 Å². The Bertz CT molecular complexity index is 526. The van der Waals surface area contributed by atoms with E-state index in [1.807, 2.05) is 18.2 Å². The van der Waals surface area contributed by atoms with Gasteiger partial charge in [0, 0.05) is 0 Å². The first-order chi connectivity index (χ1) is 10.5. The van der Waals surface area contributed by atoms with Crippen molar-refractivity contribution in [3.05, 3.63) is 59.2 Å². The monoisotopic (exact) mass is 300 g/mol. The second kappa shape index (κ2) is 7.75. The topological polar surface area (TPSA) is 18.5 Å². The van der Waals surface area contributed by atoms with Gasteiger partial charge >= 0.3 is 0 Å². The number of allylic oxidation sites excluding steroid dienone is 1. The van der Waals surface area contributed by atoms with E-state index in [4.69, 9.17) is 9.47 Å². The Morgan fingerprint density at radius 3 is 2.59 bits per heavy atom. The van der Waals surface area contributed by atoms with E-state index in [1.54, 1.807) is 0 Å². The molecule has 2 rings (SSSR count). The fourth-order valence-electron chi connectivity index (χ4n) is 2.97. The van der Waals surface area contributed by atoms with Gasteiger partial charge in [0.2, 0.25) is 0 Å². The third kappa shape index (κ3) is 4.56. The molecule has 1 aromatic carbocycles. The largest absolute Gasteiger partial charge is 0.372 e. The molecule has 0 spiro atoms. The molecule has 1 aliphatic rings. The average molecular weight is 300 g/mol. The van der Waals surface area contributed by atoms with Crippen LogP contribution in [0.25, 0.3) is 0 Å². The smallest absolute Gasteiger partial charge is 0.0868 e. The Morgan fingerprint density at radius 1 is 1.23 bits per heavy atom. The van der Waals surface area contributed by atoms with Gasteiger partial charge in [-0.2, -0.15) is 0 Å². The molecule has 0 N–H and O–H groups in total. The van der Waals surface area contributed by atoms with E-state index >= 15 is 0 Å². The van der Waals surface area contributed by atoms with Crippen LogP contribution in [-0.4, -0.2) is 18.3 Å². The molecule has 1 aliphatic heterocycles. The van der Waals surface area contributed by atoms with E-state index in [2.05, 4.69) is 52.0 Å². The second-order valence-corrected chi connectivity index (χ2v) is 6.44. The minimum atomic E-state index is -0.262. The maximum absolute atomic E-state index is 6.24. The lowest BCUT2D eigenvalue weighted by Crippen LogP contribution is -2.38. The van der Waals surface area contributed by atoms with Gasteiger partial charge < -0.3 is 9.47 Å². The van der Waals surface area contributed by atoms with Crippen LogP contribution in [0.4, 0.5) is 0 Å². The molecule has 0 aliphatic carbocycles. The van der Waals surface area contributed by atoms with Gasteiger partial charge in [0.25, 0.3) is 0 Å². The lowest BCUT2D eigenvalue weighted by molar-refractivity contribution is -0.0474. The van der Waals surface area contributed by atoms with Gasteiger partial charge in [-0.15, -0.1) is 0 Å². The van der Waals surface area contributed by atoms with E-state index in [0.29, 0.717) is 13.2 Å². The van der Waals surface area contributed by atoms with Crippen LogP contribution in [0.1, 0.15) is 46.1 Å². The quantitative estimate of drug-likeness (QED) is 0.684. The average Bonchev–Trinajstić information content (AvgIpc) is 2.48. The molecule has 0 radical (unpaired) electrons. The van der Waals surface area contributed by atoms with Crippen molar-refractivity contribution in [3.63, 3.8) is 0 Å². The van der Waals surface area contributed by atoms with Gasteiger partial charge in [-0.05, 0) is 44.7 Å². The molecule has 0 amide bonds. The molecule has 1 atom stereocenters. The molecule has 0 saturated heterocycles. The van der Waals surface area contributed by atoms with Crippen LogP contribution in [0.5, 0.6) is 0 Å². The highest BCUT2D eigenvalue weighted by Crippen LogP contribution is 2.34. The predicted octanol–water partition coefficient (Wildman–Crippen LogP) is 5.05. The van der Waals surface area contributed by atoms with Gasteiger partial charge in [-0.3, -0.25) is 0 Å². The molecular weight excluding hydrogens is 272 g/mol. The van der Waals surface area contributed by atoms with Crippen molar-refractivity contribution in [2.24, 2.45) is 0 Å². The summed E-state index contributed by atoms with van der Waals surface area (Å²) >= 11 is 0. The molecule has 120 valence electrons. The van der Waals surface area contributed by atoms with Crippen LogP contribution >= 0.6 is 0 Å². The highest BCUT2D eigenvalue weighted by molar-refractivity contribution is 5.27. The van der Waals surface area contributed by atoms with E-state index in [-0.39, 0.29) is 11.7 Å². The number of rotatable bonds is 6. The van der Waals surface area contributed by atoms with Crippen LogP contribution in [-0.2, 0) is 16.1 Å². The zero-order valence-electron chi connectivity index (χ0n) is 14.3. The van der Waals surface area contributed by atoms with Crippen LogP contribution in [0, 0.1) is 0 Å². The van der Waals surface area contributed by atoms with Crippen LogP contribution in [0.3, 0.4) is 0 Å². The summed E-state index contributed by atoms with van der Waals surface area (Å²) in [6, 6.07) is 10.3. The molecule has 1 aromatic rings. The summed E-state index contributed by atoms with van der Waals surface area (Å²) in [6.07, 6.45) is 6.57. The zero-order chi connectivity index (χ0) is 16.0. The first-order valence-corrected chi connectivity index (χ1v) is 8.18. The SMILES string of the molecule is CC/C=C/C1CC(C)=C(COCc2ccccc2)C(C)(C)O1. The number of hydrogen-bond acceptors (Lipinski definition) is 2. The van der Waals surface area contributed by atoms with Crippen molar-refractivity contribution in [2.45, 2.75) is 58.8 Å². The first-order valence-electron chi connectivity index (χ1n) is 8.18. The highest BCUT2D eigenvalue weighted by atomic mass is 16.5. The normalized spacial score (nSPS) is 21.5. The summed E-state index contributed by atoms with van der Waals surface area (Å²) in [5.41, 5.74) is 3.63. The summed E-state index contributed by atoms with van der Waals surface area (Å²) < 4.78 is 12.2. The van der Waals surface area contributed by atoms with Crippen molar-refractivity contribution in [3.8, 4) is 0 Å². The lowest BCUT2D eigenvalue weighted by Gasteiger charge is -2.38. The molecule has 0 saturated carbocycles. The van der Waals surface area contributed by atoms with Gasteiger partial charge in [-0.25, -0.2) is 0 Å². The van der Waals surface area contributed by atoms with Crippen molar-refractivity contribution in [2.75, 3.05) is 6.61 Å². The molecular formula is C20H28O2. The Kier molecular flexibility index (Phi) is 5.98. The number of benzene rings is 1. The van der Waals surface area contributed by atoms with Crippen LogP contribution in [0.2, 0.25) is 0 Å². The third-order valence-electron chi connectivity index (χ3n) is 4.14. The van der Waals surface area contributed by atoms with E-state index in [0.717, 1.165) is 12.8 Å². The predicted molar refractivity (Wildman–Crippen MR) is 91.8 cm³/mol. The minimum Gasteiger partial charge on any atom is -0.372 e. The number of hydrogen-bond donors (Lipinski definition) is 0. The fourth-order valence-corrected chi connectivity index (χ4v) is 2.97. The Hall–Kier alpha value is -1.38. The van der Waals surface area contributed by atoms with Gasteiger partial charge in [-0.1, -0.05) is 55.0 Å². The summed E-state index contributed by atoms with van der Waals surface area (Å²) in [6.45, 7) is 9.92.